The molecule has 2 N–H and O–H groups in total. The Labute approximate surface area is 136 Å². The highest BCUT2D eigenvalue weighted by Gasteiger charge is 2.19. The van der Waals surface area contributed by atoms with E-state index in [0.29, 0.717) is 11.7 Å². The van der Waals surface area contributed by atoms with Gasteiger partial charge in [-0.05, 0) is 31.9 Å². The molecule has 1 amide bonds. The van der Waals surface area contributed by atoms with Crippen molar-refractivity contribution in [3.63, 3.8) is 0 Å². The van der Waals surface area contributed by atoms with Crippen molar-refractivity contribution in [3.05, 3.63) is 41.1 Å². The zero-order valence-electron chi connectivity index (χ0n) is 14.2. The maximum Gasteiger partial charge on any atom is 0.225 e. The Hall–Kier alpha value is -2.08. The molecular formula is C17H25N3O3. The smallest absolute Gasteiger partial charge is 0.225 e. The van der Waals surface area contributed by atoms with Gasteiger partial charge in [0, 0.05) is 17.8 Å². The first-order chi connectivity index (χ1) is 10.9. The second kappa shape index (κ2) is 7.46. The molecule has 0 spiro atoms. The van der Waals surface area contributed by atoms with E-state index >= 15 is 0 Å². The number of amides is 1. The summed E-state index contributed by atoms with van der Waals surface area (Å²) in [6.45, 7) is 8.81. The average Bonchev–Trinajstić information content (AvgIpc) is 3.09. The summed E-state index contributed by atoms with van der Waals surface area (Å²) < 4.78 is 7.20. The molecule has 23 heavy (non-hydrogen) atoms. The van der Waals surface area contributed by atoms with Gasteiger partial charge in [-0.2, -0.15) is 5.10 Å². The summed E-state index contributed by atoms with van der Waals surface area (Å²) in [6.07, 6.45) is 1.77. The van der Waals surface area contributed by atoms with E-state index in [9.17, 15) is 9.90 Å². The SMILES string of the molecule is Cc1nn(CC(C)C)c(C)c1CC(=O)NC(CO)c1ccco1. The summed E-state index contributed by atoms with van der Waals surface area (Å²) in [5.74, 6) is 0.882. The summed E-state index contributed by atoms with van der Waals surface area (Å²) in [5.41, 5.74) is 2.83. The highest BCUT2D eigenvalue weighted by molar-refractivity contribution is 5.79. The fourth-order valence-corrected chi connectivity index (χ4v) is 2.62. The van der Waals surface area contributed by atoms with Crippen LogP contribution in [0.25, 0.3) is 0 Å². The van der Waals surface area contributed by atoms with E-state index in [1.54, 1.807) is 12.1 Å². The molecule has 0 aliphatic carbocycles. The monoisotopic (exact) mass is 319 g/mol. The number of aliphatic hydroxyl groups excluding tert-OH is 1. The molecule has 126 valence electrons. The molecule has 0 radical (unpaired) electrons. The van der Waals surface area contributed by atoms with E-state index in [4.69, 9.17) is 4.42 Å². The Morgan fingerprint density at radius 3 is 2.74 bits per heavy atom. The van der Waals surface area contributed by atoms with Gasteiger partial charge in [0.1, 0.15) is 11.8 Å². The Morgan fingerprint density at radius 2 is 2.17 bits per heavy atom. The van der Waals surface area contributed by atoms with Crippen LogP contribution in [0.4, 0.5) is 0 Å². The molecule has 0 aliphatic heterocycles. The van der Waals surface area contributed by atoms with Crippen molar-refractivity contribution >= 4 is 5.91 Å². The van der Waals surface area contributed by atoms with Crippen molar-refractivity contribution in [2.45, 2.75) is 46.7 Å². The van der Waals surface area contributed by atoms with Crippen LogP contribution in [0.5, 0.6) is 0 Å². The van der Waals surface area contributed by atoms with Crippen LogP contribution in [0.2, 0.25) is 0 Å². The van der Waals surface area contributed by atoms with Crippen LogP contribution in [0.3, 0.4) is 0 Å². The highest BCUT2D eigenvalue weighted by atomic mass is 16.3. The molecule has 0 saturated carbocycles. The fraction of sp³-hybridized carbons (Fsp3) is 0.529. The van der Waals surface area contributed by atoms with Gasteiger partial charge >= 0.3 is 0 Å². The molecule has 2 rings (SSSR count). The molecule has 2 aromatic rings. The minimum atomic E-state index is -0.524. The molecule has 0 saturated heterocycles. The first kappa shape index (κ1) is 17.3. The number of nitrogens with one attached hydrogen (secondary N) is 1. The standard InChI is InChI=1S/C17H25N3O3/c1-11(2)9-20-13(4)14(12(3)19-20)8-17(22)18-15(10-21)16-6-5-7-23-16/h5-7,11,15,21H,8-10H2,1-4H3,(H,18,22). The number of nitrogens with zero attached hydrogens (tertiary/aromatic N) is 2. The molecule has 6 nitrogen and oxygen atoms in total. The van der Waals surface area contributed by atoms with Crippen molar-refractivity contribution in [2.24, 2.45) is 5.92 Å². The van der Waals surface area contributed by atoms with E-state index in [2.05, 4.69) is 24.3 Å². The molecule has 1 atom stereocenters. The van der Waals surface area contributed by atoms with Gasteiger partial charge in [-0.3, -0.25) is 9.48 Å². The molecule has 1 unspecified atom stereocenters. The van der Waals surface area contributed by atoms with Crippen molar-refractivity contribution in [3.8, 4) is 0 Å². The zero-order chi connectivity index (χ0) is 17.0. The minimum absolute atomic E-state index is 0.157. The molecule has 0 fully saturated rings. The normalized spacial score (nSPS) is 12.6. The predicted molar refractivity (Wildman–Crippen MR) is 86.9 cm³/mol. The molecule has 6 heteroatoms. The molecule has 0 bridgehead atoms. The van der Waals surface area contributed by atoms with Crippen molar-refractivity contribution in [1.29, 1.82) is 0 Å². The number of furan rings is 1. The molecular weight excluding hydrogens is 294 g/mol. The van der Waals surface area contributed by atoms with Crippen LogP contribution in [-0.4, -0.2) is 27.4 Å². The minimum Gasteiger partial charge on any atom is -0.467 e. The number of aromatic nitrogens is 2. The van der Waals surface area contributed by atoms with Crippen molar-refractivity contribution in [1.82, 2.24) is 15.1 Å². The molecule has 2 heterocycles. The van der Waals surface area contributed by atoms with Crippen LogP contribution in [0.15, 0.2) is 22.8 Å². The number of hydrogen-bond acceptors (Lipinski definition) is 4. The van der Waals surface area contributed by atoms with Gasteiger partial charge in [-0.25, -0.2) is 0 Å². The lowest BCUT2D eigenvalue weighted by Crippen LogP contribution is -2.32. The number of carbonyl (C=O) groups is 1. The quantitative estimate of drug-likeness (QED) is 0.819. The number of carbonyl (C=O) groups excluding carboxylic acids is 1. The van der Waals surface area contributed by atoms with Crippen LogP contribution < -0.4 is 5.32 Å². The van der Waals surface area contributed by atoms with E-state index in [-0.39, 0.29) is 18.9 Å². The summed E-state index contributed by atoms with van der Waals surface area (Å²) in [4.78, 5) is 12.3. The van der Waals surface area contributed by atoms with Crippen LogP contribution in [0.1, 0.15) is 42.6 Å². The Morgan fingerprint density at radius 1 is 1.43 bits per heavy atom. The fourth-order valence-electron chi connectivity index (χ4n) is 2.62. The molecule has 0 aliphatic rings. The summed E-state index contributed by atoms with van der Waals surface area (Å²) in [7, 11) is 0. The first-order valence-corrected chi connectivity index (χ1v) is 7.88. The van der Waals surface area contributed by atoms with E-state index in [0.717, 1.165) is 23.5 Å². The Balaban J connectivity index is 2.07. The van der Waals surface area contributed by atoms with Crippen molar-refractivity contribution in [2.75, 3.05) is 6.61 Å². The maximum absolute atomic E-state index is 12.3. The topological polar surface area (TPSA) is 80.3 Å². The van der Waals surface area contributed by atoms with Gasteiger partial charge in [0.2, 0.25) is 5.91 Å². The average molecular weight is 319 g/mol. The summed E-state index contributed by atoms with van der Waals surface area (Å²) in [5, 5.41) is 16.8. The second-order valence-electron chi connectivity index (χ2n) is 6.22. The number of aliphatic hydroxyl groups is 1. The van der Waals surface area contributed by atoms with E-state index in [1.807, 2.05) is 18.5 Å². The van der Waals surface area contributed by atoms with E-state index < -0.39 is 6.04 Å². The molecule has 0 aromatic carbocycles. The van der Waals surface area contributed by atoms with Crippen LogP contribution in [-0.2, 0) is 17.8 Å². The third-order valence-corrected chi connectivity index (χ3v) is 3.81. The third kappa shape index (κ3) is 4.22. The largest absolute Gasteiger partial charge is 0.467 e. The lowest BCUT2D eigenvalue weighted by molar-refractivity contribution is -0.121. The number of hydrogen-bond donors (Lipinski definition) is 2. The maximum atomic E-state index is 12.3. The third-order valence-electron chi connectivity index (χ3n) is 3.81. The predicted octanol–water partition coefficient (Wildman–Crippen LogP) is 2.14. The van der Waals surface area contributed by atoms with Gasteiger partial charge in [0.15, 0.2) is 0 Å². The van der Waals surface area contributed by atoms with Gasteiger partial charge in [0.05, 0.1) is 25.0 Å². The van der Waals surface area contributed by atoms with Gasteiger partial charge in [-0.15, -0.1) is 0 Å². The lowest BCUT2D eigenvalue weighted by atomic mass is 10.1. The highest BCUT2D eigenvalue weighted by Crippen LogP contribution is 2.17. The molecule has 2 aromatic heterocycles. The van der Waals surface area contributed by atoms with Crippen molar-refractivity contribution < 1.29 is 14.3 Å². The Bertz CT molecular complexity index is 644. The summed E-state index contributed by atoms with van der Waals surface area (Å²) in [6, 6.07) is 2.94. The second-order valence-corrected chi connectivity index (χ2v) is 6.22. The zero-order valence-corrected chi connectivity index (χ0v) is 14.2. The van der Waals surface area contributed by atoms with Gasteiger partial charge in [0.25, 0.3) is 0 Å². The first-order valence-electron chi connectivity index (χ1n) is 7.88. The van der Waals surface area contributed by atoms with Crippen LogP contribution in [0, 0.1) is 19.8 Å². The number of rotatable bonds is 7. The lowest BCUT2D eigenvalue weighted by Gasteiger charge is -2.14. The van der Waals surface area contributed by atoms with Gasteiger partial charge < -0.3 is 14.8 Å². The Kier molecular flexibility index (Phi) is 5.60. The van der Waals surface area contributed by atoms with Crippen LogP contribution >= 0.6 is 0 Å². The van der Waals surface area contributed by atoms with Gasteiger partial charge in [-0.1, -0.05) is 13.8 Å². The summed E-state index contributed by atoms with van der Waals surface area (Å²) >= 11 is 0. The van der Waals surface area contributed by atoms with E-state index in [1.165, 1.54) is 6.26 Å². The number of aryl methyl sites for hydroxylation is 1.